The summed E-state index contributed by atoms with van der Waals surface area (Å²) in [7, 11) is 8.09. The van der Waals surface area contributed by atoms with Crippen molar-refractivity contribution in [2.45, 2.75) is 31.3 Å². The summed E-state index contributed by atoms with van der Waals surface area (Å²) in [6.07, 6.45) is 5.12. The quantitative estimate of drug-likeness (QED) is 0.843. The predicted molar refractivity (Wildman–Crippen MR) is 76.8 cm³/mol. The van der Waals surface area contributed by atoms with Crippen LogP contribution in [0.3, 0.4) is 0 Å². The van der Waals surface area contributed by atoms with E-state index in [0.717, 1.165) is 12.2 Å². The molecule has 0 saturated heterocycles. The van der Waals surface area contributed by atoms with Crippen molar-refractivity contribution in [2.24, 2.45) is 7.05 Å². The van der Waals surface area contributed by atoms with E-state index < -0.39 is 5.97 Å². The molecule has 20 heavy (non-hydrogen) atoms. The maximum Gasteiger partial charge on any atom is 0.339 e. The molecule has 6 heteroatoms. The third kappa shape index (κ3) is 2.71. The second kappa shape index (κ2) is 5.54. The van der Waals surface area contributed by atoms with Gasteiger partial charge in [-0.25, -0.2) is 4.79 Å². The third-order valence-electron chi connectivity index (χ3n) is 4.51. The van der Waals surface area contributed by atoms with Crippen molar-refractivity contribution in [2.75, 3.05) is 27.7 Å². The first-order valence-electron chi connectivity index (χ1n) is 6.96. The topological polar surface area (TPSA) is 61.6 Å². The van der Waals surface area contributed by atoms with Crippen molar-refractivity contribution in [1.29, 1.82) is 0 Å². The van der Waals surface area contributed by atoms with Crippen LogP contribution in [0.25, 0.3) is 0 Å². The Bertz CT molecular complexity index is 491. The zero-order valence-corrected chi connectivity index (χ0v) is 12.8. The molecular formula is C14H24N4O2. The molecular weight excluding hydrogens is 256 g/mol. The van der Waals surface area contributed by atoms with Gasteiger partial charge in [0.05, 0.1) is 11.9 Å². The van der Waals surface area contributed by atoms with Crippen molar-refractivity contribution in [3.05, 3.63) is 17.5 Å². The Kier molecular flexibility index (Phi) is 4.15. The summed E-state index contributed by atoms with van der Waals surface area (Å²) in [6.45, 7) is 1.55. The predicted octanol–water partition coefficient (Wildman–Crippen LogP) is 1.03. The van der Waals surface area contributed by atoms with Crippen molar-refractivity contribution < 1.29 is 9.90 Å². The van der Waals surface area contributed by atoms with Crippen LogP contribution in [0.1, 0.15) is 35.3 Å². The van der Waals surface area contributed by atoms with Crippen LogP contribution < -0.4 is 0 Å². The molecule has 1 saturated carbocycles. The average molecular weight is 280 g/mol. The van der Waals surface area contributed by atoms with Gasteiger partial charge in [-0.3, -0.25) is 9.58 Å². The minimum absolute atomic E-state index is 0.247. The van der Waals surface area contributed by atoms with Gasteiger partial charge >= 0.3 is 5.97 Å². The standard InChI is InChI=1S/C14H24N4O2/c1-16(2)14(6-5-7-14)10-17(3)9-12-11(13(19)20)8-15-18(12)4/h8H,5-7,9-10H2,1-4H3,(H,19,20). The van der Waals surface area contributed by atoms with E-state index in [1.54, 1.807) is 11.7 Å². The fourth-order valence-electron chi connectivity index (χ4n) is 2.97. The van der Waals surface area contributed by atoms with Gasteiger partial charge in [0.25, 0.3) is 0 Å². The minimum Gasteiger partial charge on any atom is -0.478 e. The van der Waals surface area contributed by atoms with Crippen LogP contribution in [0.5, 0.6) is 0 Å². The van der Waals surface area contributed by atoms with Crippen LogP contribution in [-0.2, 0) is 13.6 Å². The number of hydrogen-bond acceptors (Lipinski definition) is 4. The Labute approximate surface area is 120 Å². The maximum absolute atomic E-state index is 11.2. The van der Waals surface area contributed by atoms with Gasteiger partial charge in [-0.05, 0) is 40.4 Å². The molecule has 1 aliphatic carbocycles. The van der Waals surface area contributed by atoms with E-state index in [0.29, 0.717) is 12.1 Å². The first-order valence-corrected chi connectivity index (χ1v) is 6.96. The number of carboxylic acids is 1. The molecule has 1 aliphatic rings. The number of rotatable bonds is 6. The number of nitrogens with zero attached hydrogens (tertiary/aromatic N) is 4. The summed E-state index contributed by atoms with van der Waals surface area (Å²) >= 11 is 0. The highest BCUT2D eigenvalue weighted by molar-refractivity contribution is 5.88. The average Bonchev–Trinajstić information content (AvgIpc) is 2.65. The van der Waals surface area contributed by atoms with E-state index >= 15 is 0 Å². The van der Waals surface area contributed by atoms with Crippen LogP contribution in [0.15, 0.2) is 6.20 Å². The number of aryl methyl sites for hydroxylation is 1. The van der Waals surface area contributed by atoms with Crippen molar-refractivity contribution in [1.82, 2.24) is 19.6 Å². The van der Waals surface area contributed by atoms with Crippen LogP contribution in [-0.4, -0.2) is 63.9 Å². The summed E-state index contributed by atoms with van der Waals surface area (Å²) in [6, 6.07) is 0. The first kappa shape index (κ1) is 15.0. The highest BCUT2D eigenvalue weighted by atomic mass is 16.4. The molecule has 0 spiro atoms. The van der Waals surface area contributed by atoms with Gasteiger partial charge in [-0.1, -0.05) is 0 Å². The fraction of sp³-hybridized carbons (Fsp3) is 0.714. The lowest BCUT2D eigenvalue weighted by Gasteiger charge is -2.49. The van der Waals surface area contributed by atoms with Gasteiger partial charge in [0.15, 0.2) is 0 Å². The summed E-state index contributed by atoms with van der Waals surface area (Å²) in [5.74, 6) is -0.910. The maximum atomic E-state index is 11.2. The molecule has 0 amide bonds. The summed E-state index contributed by atoms with van der Waals surface area (Å²) < 4.78 is 1.66. The van der Waals surface area contributed by atoms with E-state index in [9.17, 15) is 9.90 Å². The Morgan fingerprint density at radius 2 is 2.10 bits per heavy atom. The van der Waals surface area contributed by atoms with Gasteiger partial charge in [-0.2, -0.15) is 5.10 Å². The lowest BCUT2D eigenvalue weighted by Crippen LogP contribution is -2.56. The highest BCUT2D eigenvalue weighted by Crippen LogP contribution is 2.36. The molecule has 6 nitrogen and oxygen atoms in total. The zero-order valence-electron chi connectivity index (χ0n) is 12.8. The molecule has 2 rings (SSSR count). The lowest BCUT2D eigenvalue weighted by molar-refractivity contribution is 0.0252. The van der Waals surface area contributed by atoms with E-state index in [1.807, 2.05) is 7.05 Å². The molecule has 1 aromatic heterocycles. The van der Waals surface area contributed by atoms with Gasteiger partial charge in [-0.15, -0.1) is 0 Å². The molecule has 0 bridgehead atoms. The molecule has 1 aromatic rings. The van der Waals surface area contributed by atoms with Crippen molar-refractivity contribution >= 4 is 5.97 Å². The van der Waals surface area contributed by atoms with Crippen LogP contribution >= 0.6 is 0 Å². The number of carbonyl (C=O) groups is 1. The van der Waals surface area contributed by atoms with E-state index in [4.69, 9.17) is 0 Å². The Hall–Kier alpha value is -1.40. The molecule has 1 fully saturated rings. The molecule has 0 unspecified atom stereocenters. The van der Waals surface area contributed by atoms with Gasteiger partial charge in [0.1, 0.15) is 5.56 Å². The molecule has 1 heterocycles. The second-order valence-corrected chi connectivity index (χ2v) is 6.08. The van der Waals surface area contributed by atoms with E-state index in [1.165, 1.54) is 25.5 Å². The Balaban J connectivity index is 2.07. The van der Waals surface area contributed by atoms with Gasteiger partial charge < -0.3 is 10.0 Å². The molecule has 0 radical (unpaired) electrons. The van der Waals surface area contributed by atoms with E-state index in [2.05, 4.69) is 29.0 Å². The van der Waals surface area contributed by atoms with E-state index in [-0.39, 0.29) is 5.54 Å². The normalized spacial score (nSPS) is 17.5. The third-order valence-corrected chi connectivity index (χ3v) is 4.51. The Morgan fingerprint density at radius 3 is 2.55 bits per heavy atom. The number of hydrogen-bond donors (Lipinski definition) is 1. The summed E-state index contributed by atoms with van der Waals surface area (Å²) in [5.41, 5.74) is 1.30. The molecule has 0 aliphatic heterocycles. The molecule has 112 valence electrons. The molecule has 0 aromatic carbocycles. The van der Waals surface area contributed by atoms with Crippen LogP contribution in [0.4, 0.5) is 0 Å². The van der Waals surface area contributed by atoms with Crippen molar-refractivity contribution in [3.8, 4) is 0 Å². The highest BCUT2D eigenvalue weighted by Gasteiger charge is 2.39. The number of likely N-dealkylation sites (N-methyl/N-ethyl adjacent to an activating group) is 2. The number of aromatic carboxylic acids is 1. The first-order chi connectivity index (χ1) is 9.35. The van der Waals surface area contributed by atoms with Crippen LogP contribution in [0.2, 0.25) is 0 Å². The zero-order chi connectivity index (χ0) is 14.9. The Morgan fingerprint density at radius 1 is 1.45 bits per heavy atom. The van der Waals surface area contributed by atoms with Crippen molar-refractivity contribution in [3.63, 3.8) is 0 Å². The minimum atomic E-state index is -0.910. The van der Waals surface area contributed by atoms with Gasteiger partial charge in [0, 0.05) is 25.7 Å². The molecule has 1 N–H and O–H groups in total. The monoisotopic (exact) mass is 280 g/mol. The second-order valence-electron chi connectivity index (χ2n) is 6.08. The van der Waals surface area contributed by atoms with Crippen LogP contribution in [0, 0.1) is 0 Å². The number of carboxylic acid groups (broad SMARTS) is 1. The summed E-state index contributed by atoms with van der Waals surface area (Å²) in [5, 5.41) is 13.2. The SMILES string of the molecule is CN(Cc1c(C(=O)O)cnn1C)CC1(N(C)C)CCC1. The number of aromatic nitrogens is 2. The summed E-state index contributed by atoms with van der Waals surface area (Å²) in [4.78, 5) is 15.7. The lowest BCUT2D eigenvalue weighted by atomic mass is 9.75. The smallest absolute Gasteiger partial charge is 0.339 e. The van der Waals surface area contributed by atoms with Gasteiger partial charge in [0.2, 0.25) is 0 Å². The largest absolute Gasteiger partial charge is 0.478 e. The molecule has 0 atom stereocenters. The fourth-order valence-corrected chi connectivity index (χ4v) is 2.97.